The van der Waals surface area contributed by atoms with E-state index in [-0.39, 0.29) is 0 Å². The quantitative estimate of drug-likeness (QED) is 0.709. The van der Waals surface area contributed by atoms with Crippen LogP contribution in [0.2, 0.25) is 0 Å². The van der Waals surface area contributed by atoms with E-state index in [1.54, 1.807) is 0 Å². The summed E-state index contributed by atoms with van der Waals surface area (Å²) >= 11 is 0.631. The molecule has 1 N–H and O–H groups in total. The summed E-state index contributed by atoms with van der Waals surface area (Å²) in [5.74, 6) is 0. The van der Waals surface area contributed by atoms with Gasteiger partial charge >= 0.3 is 113 Å². The Kier molecular flexibility index (Phi) is 3.49. The number of hydrogen-bond donors (Lipinski definition) is 1. The second-order valence-corrected chi connectivity index (χ2v) is 6.41. The standard InChI is InChI=1S/C16H15NSe/c1-2-6-13(7-3-1)11-18-12-14-10-17-16-9-5-4-8-15(14)16/h1-10,17H,11-12H2. The van der Waals surface area contributed by atoms with E-state index in [0.717, 1.165) is 0 Å². The molecule has 0 aliphatic carbocycles. The summed E-state index contributed by atoms with van der Waals surface area (Å²) in [5, 5.41) is 3.80. The summed E-state index contributed by atoms with van der Waals surface area (Å²) in [6, 6.07) is 19.3. The summed E-state index contributed by atoms with van der Waals surface area (Å²) in [5.41, 5.74) is 4.17. The average molecular weight is 300 g/mol. The average Bonchev–Trinajstić information content (AvgIpc) is 2.84. The molecule has 0 radical (unpaired) electrons. The monoisotopic (exact) mass is 301 g/mol. The van der Waals surface area contributed by atoms with Gasteiger partial charge < -0.3 is 0 Å². The third-order valence-corrected chi connectivity index (χ3v) is 5.25. The van der Waals surface area contributed by atoms with Crippen LogP contribution in [0.3, 0.4) is 0 Å². The molecule has 3 aromatic rings. The van der Waals surface area contributed by atoms with Gasteiger partial charge in [0.05, 0.1) is 0 Å². The van der Waals surface area contributed by atoms with Gasteiger partial charge in [-0.3, -0.25) is 0 Å². The Balaban J connectivity index is 1.67. The Morgan fingerprint density at radius 2 is 1.61 bits per heavy atom. The van der Waals surface area contributed by atoms with E-state index >= 15 is 0 Å². The summed E-state index contributed by atoms with van der Waals surface area (Å²) in [4.78, 5) is 3.35. The van der Waals surface area contributed by atoms with E-state index in [9.17, 15) is 0 Å². The predicted octanol–water partition coefficient (Wildman–Crippen LogP) is 3.57. The zero-order chi connectivity index (χ0) is 12.2. The van der Waals surface area contributed by atoms with Crippen molar-refractivity contribution < 1.29 is 0 Å². The van der Waals surface area contributed by atoms with Crippen LogP contribution >= 0.6 is 0 Å². The number of rotatable bonds is 4. The van der Waals surface area contributed by atoms with Gasteiger partial charge in [-0.25, -0.2) is 0 Å². The van der Waals surface area contributed by atoms with Gasteiger partial charge in [-0.05, 0) is 0 Å². The van der Waals surface area contributed by atoms with Crippen LogP contribution in [-0.2, 0) is 10.6 Å². The molecule has 18 heavy (non-hydrogen) atoms. The van der Waals surface area contributed by atoms with E-state index in [4.69, 9.17) is 0 Å². The molecule has 0 saturated carbocycles. The molecule has 1 heterocycles. The van der Waals surface area contributed by atoms with Crippen molar-refractivity contribution in [2.24, 2.45) is 0 Å². The Hall–Kier alpha value is -1.50. The molecule has 0 aliphatic heterocycles. The van der Waals surface area contributed by atoms with Gasteiger partial charge in [0.1, 0.15) is 0 Å². The molecular weight excluding hydrogens is 285 g/mol. The van der Waals surface area contributed by atoms with E-state index < -0.39 is 0 Å². The molecule has 90 valence electrons. The van der Waals surface area contributed by atoms with Crippen molar-refractivity contribution in [1.82, 2.24) is 4.98 Å². The molecule has 2 aromatic carbocycles. The molecule has 0 atom stereocenters. The normalized spacial score (nSPS) is 10.9. The van der Waals surface area contributed by atoms with Crippen LogP contribution in [0.5, 0.6) is 0 Å². The second kappa shape index (κ2) is 5.43. The number of para-hydroxylation sites is 1. The fraction of sp³-hybridized carbons (Fsp3) is 0.125. The summed E-state index contributed by atoms with van der Waals surface area (Å²) in [6.07, 6.45) is 2.16. The fourth-order valence-corrected chi connectivity index (χ4v) is 4.18. The Morgan fingerprint density at radius 3 is 2.50 bits per heavy atom. The van der Waals surface area contributed by atoms with E-state index in [2.05, 4.69) is 65.8 Å². The van der Waals surface area contributed by atoms with Gasteiger partial charge in [0.15, 0.2) is 0 Å². The van der Waals surface area contributed by atoms with Crippen molar-refractivity contribution in [3.63, 3.8) is 0 Å². The van der Waals surface area contributed by atoms with E-state index in [1.807, 2.05) is 0 Å². The van der Waals surface area contributed by atoms with E-state index in [0.29, 0.717) is 15.0 Å². The number of aromatic amines is 1. The van der Waals surface area contributed by atoms with Crippen molar-refractivity contribution in [2.75, 3.05) is 0 Å². The molecule has 0 saturated heterocycles. The molecular formula is C16H15NSe. The predicted molar refractivity (Wildman–Crippen MR) is 77.9 cm³/mol. The van der Waals surface area contributed by atoms with Gasteiger partial charge in [-0.2, -0.15) is 0 Å². The van der Waals surface area contributed by atoms with Crippen LogP contribution in [0.25, 0.3) is 10.9 Å². The fourth-order valence-electron chi connectivity index (χ4n) is 2.10. The van der Waals surface area contributed by atoms with Crippen molar-refractivity contribution in [3.8, 4) is 0 Å². The Labute approximate surface area is 113 Å². The molecule has 3 rings (SSSR count). The topological polar surface area (TPSA) is 15.8 Å². The number of fused-ring (bicyclic) bond motifs is 1. The summed E-state index contributed by atoms with van der Waals surface area (Å²) in [7, 11) is 0. The first-order valence-electron chi connectivity index (χ1n) is 6.10. The number of H-pyrrole nitrogens is 1. The minimum atomic E-state index is 0.631. The Morgan fingerprint density at radius 1 is 0.833 bits per heavy atom. The third kappa shape index (κ3) is 2.50. The van der Waals surface area contributed by atoms with Crippen LogP contribution in [0.4, 0.5) is 0 Å². The van der Waals surface area contributed by atoms with E-state index in [1.165, 1.54) is 32.7 Å². The maximum absolute atomic E-state index is 3.35. The SMILES string of the molecule is c1ccc(C[Se]Cc2c[nH]c3ccccc23)cc1. The summed E-state index contributed by atoms with van der Waals surface area (Å²) < 4.78 is 0. The van der Waals surface area contributed by atoms with Gasteiger partial charge in [0.2, 0.25) is 0 Å². The third-order valence-electron chi connectivity index (χ3n) is 3.04. The maximum atomic E-state index is 3.35. The molecule has 2 heteroatoms. The molecule has 0 amide bonds. The van der Waals surface area contributed by atoms with Crippen molar-refractivity contribution >= 4 is 25.9 Å². The van der Waals surface area contributed by atoms with Crippen LogP contribution in [0.15, 0.2) is 60.8 Å². The molecule has 0 fully saturated rings. The van der Waals surface area contributed by atoms with Crippen LogP contribution in [-0.4, -0.2) is 19.9 Å². The first kappa shape index (κ1) is 11.6. The van der Waals surface area contributed by atoms with Crippen LogP contribution in [0.1, 0.15) is 11.1 Å². The first-order valence-corrected chi connectivity index (χ1v) is 8.52. The van der Waals surface area contributed by atoms with Gasteiger partial charge in [0, 0.05) is 0 Å². The van der Waals surface area contributed by atoms with Crippen LogP contribution in [0, 0.1) is 0 Å². The molecule has 1 nitrogen and oxygen atoms in total. The number of aromatic nitrogens is 1. The second-order valence-electron chi connectivity index (χ2n) is 4.34. The van der Waals surface area contributed by atoms with Gasteiger partial charge in [-0.1, -0.05) is 0 Å². The number of nitrogens with one attached hydrogen (secondary N) is 1. The minimum absolute atomic E-state index is 0.631. The zero-order valence-corrected chi connectivity index (χ0v) is 11.8. The molecule has 0 aliphatic rings. The number of benzene rings is 2. The molecule has 1 aromatic heterocycles. The Bertz CT molecular complexity index is 628. The zero-order valence-electron chi connectivity index (χ0n) is 10.1. The molecule has 0 bridgehead atoms. The molecule has 0 unspecified atom stereocenters. The van der Waals surface area contributed by atoms with Crippen LogP contribution < -0.4 is 0 Å². The van der Waals surface area contributed by atoms with Crippen molar-refractivity contribution in [3.05, 3.63) is 71.9 Å². The van der Waals surface area contributed by atoms with Gasteiger partial charge in [-0.15, -0.1) is 0 Å². The van der Waals surface area contributed by atoms with Crippen molar-refractivity contribution in [1.29, 1.82) is 0 Å². The summed E-state index contributed by atoms with van der Waals surface area (Å²) in [6.45, 7) is 0. The van der Waals surface area contributed by atoms with Crippen molar-refractivity contribution in [2.45, 2.75) is 10.6 Å². The molecule has 0 spiro atoms. The van der Waals surface area contributed by atoms with Gasteiger partial charge in [0.25, 0.3) is 0 Å². The first-order chi connectivity index (χ1) is 8.93. The number of hydrogen-bond acceptors (Lipinski definition) is 0.